The summed E-state index contributed by atoms with van der Waals surface area (Å²) in [4.78, 5) is 0. The van der Waals surface area contributed by atoms with E-state index >= 15 is 0 Å². The molecule has 0 N–H and O–H groups in total. The molecule has 0 atom stereocenters. The van der Waals surface area contributed by atoms with Crippen LogP contribution in [0.25, 0.3) is 87.6 Å². The largest absolute Gasteiger partial charge is 0.456 e. The molecular weight excluding hydrogens is 661 g/mol. The zero-order chi connectivity index (χ0) is 35.6. The third kappa shape index (κ3) is 4.38. The maximum Gasteiger partial charge on any atom is 0.135 e. The molecule has 0 radical (unpaired) electrons. The normalized spacial score (nSPS) is 12.8. The van der Waals surface area contributed by atoms with Gasteiger partial charge in [-0.15, -0.1) is 0 Å². The van der Waals surface area contributed by atoms with Crippen LogP contribution in [-0.4, -0.2) is 8.07 Å². The molecule has 9 aromatic rings. The molecule has 0 aliphatic carbocycles. The van der Waals surface area contributed by atoms with Crippen LogP contribution in [-0.2, 0) is 0 Å². The van der Waals surface area contributed by atoms with Crippen molar-refractivity contribution < 1.29 is 9.47 Å². The van der Waals surface area contributed by atoms with Gasteiger partial charge in [-0.05, 0) is 115 Å². The van der Waals surface area contributed by atoms with Crippen LogP contribution in [0.1, 0.15) is 5.56 Å². The lowest BCUT2D eigenvalue weighted by molar-refractivity contribution is 0.487. The smallest absolute Gasteiger partial charge is 0.135 e. The molecule has 0 unspecified atom stereocenters. The minimum Gasteiger partial charge on any atom is -0.456 e. The molecule has 2 nitrogen and oxygen atoms in total. The molecule has 3 heteroatoms. The number of fused-ring (bicyclic) bond motifs is 6. The molecule has 2 aliphatic rings. The lowest BCUT2D eigenvalue weighted by Gasteiger charge is -2.26. The summed E-state index contributed by atoms with van der Waals surface area (Å²) in [6, 6.07) is 53.4. The Labute approximate surface area is 309 Å². The fourth-order valence-electron chi connectivity index (χ4n) is 9.13. The molecule has 252 valence electrons. The van der Waals surface area contributed by atoms with Gasteiger partial charge in [0, 0.05) is 21.9 Å². The van der Waals surface area contributed by atoms with E-state index in [2.05, 4.69) is 172 Å². The number of aryl methyl sites for hydroxylation is 1. The van der Waals surface area contributed by atoms with Crippen LogP contribution < -0.4 is 14.7 Å². The molecule has 2 aliphatic heterocycles. The highest BCUT2D eigenvalue weighted by molar-refractivity contribution is 6.90. The maximum absolute atomic E-state index is 6.82. The summed E-state index contributed by atoms with van der Waals surface area (Å²) in [5, 5.41) is 11.3. The number of benzene rings is 9. The molecule has 2 heterocycles. The average Bonchev–Trinajstić information content (AvgIpc) is 3.17. The van der Waals surface area contributed by atoms with Gasteiger partial charge in [-0.2, -0.15) is 0 Å². The Hall–Kier alpha value is -6.16. The average molecular weight is 697 g/mol. The first-order valence-electron chi connectivity index (χ1n) is 18.5. The van der Waals surface area contributed by atoms with Gasteiger partial charge in [0.2, 0.25) is 0 Å². The molecule has 0 aromatic heterocycles. The number of rotatable bonds is 3. The zero-order valence-corrected chi connectivity index (χ0v) is 31.2. The Balaban J connectivity index is 1.14. The molecule has 0 saturated heterocycles. The first-order valence-corrected chi connectivity index (χ1v) is 22.0. The molecular formula is C50H36O2Si. The van der Waals surface area contributed by atoms with Crippen molar-refractivity contribution in [3.05, 3.63) is 151 Å². The van der Waals surface area contributed by atoms with Crippen LogP contribution in [0.2, 0.25) is 19.6 Å². The molecule has 0 fully saturated rings. The summed E-state index contributed by atoms with van der Waals surface area (Å²) < 4.78 is 13.4. The minimum absolute atomic E-state index is 0.902. The Bertz CT molecular complexity index is 3000. The molecule has 11 rings (SSSR count). The SMILES string of the molecule is Cc1ccc2c(c1)-c1cccc3c(-c4c5ccccc5c(-c5ccc6c(c5)Oc5ccc([Si](C)(C)C)c7cccc-6c57)c5ccccc45)ccc(c13)O2. The topological polar surface area (TPSA) is 18.5 Å². The predicted octanol–water partition coefficient (Wildman–Crippen LogP) is 14.0. The third-order valence-corrected chi connectivity index (χ3v) is 13.5. The highest BCUT2D eigenvalue weighted by Gasteiger charge is 2.28. The van der Waals surface area contributed by atoms with Crippen molar-refractivity contribution in [3.8, 4) is 67.5 Å². The quantitative estimate of drug-likeness (QED) is 0.135. The Morgan fingerprint density at radius 2 is 0.925 bits per heavy atom. The maximum atomic E-state index is 6.82. The van der Waals surface area contributed by atoms with Gasteiger partial charge in [0.05, 0.1) is 8.07 Å². The first-order chi connectivity index (χ1) is 25.8. The second kappa shape index (κ2) is 10.9. The van der Waals surface area contributed by atoms with Gasteiger partial charge >= 0.3 is 0 Å². The molecule has 0 spiro atoms. The van der Waals surface area contributed by atoms with Gasteiger partial charge in [-0.25, -0.2) is 0 Å². The van der Waals surface area contributed by atoms with Crippen LogP contribution >= 0.6 is 0 Å². The van der Waals surface area contributed by atoms with E-state index in [1.54, 1.807) is 0 Å². The summed E-state index contributed by atoms with van der Waals surface area (Å²) >= 11 is 0. The number of hydrogen-bond acceptors (Lipinski definition) is 2. The van der Waals surface area contributed by atoms with E-state index in [9.17, 15) is 0 Å². The standard InChI is InChI=1S/C50H36O2Si/c1-29-19-23-42-41(27-29)38-17-9-16-37-39(22-24-43(51-42)49(37)38)48-35-13-7-5-11-33(35)47(34-12-6-8-14-36(34)48)30-20-21-31-32-15-10-18-40-46(53(2,3)4)26-25-44(50(32)40)52-45(31)28-30/h5-28H,1-4H3. The summed E-state index contributed by atoms with van der Waals surface area (Å²) in [7, 11) is -1.56. The second-order valence-electron chi connectivity index (χ2n) is 15.7. The number of ether oxygens (including phenoxy) is 2. The van der Waals surface area contributed by atoms with E-state index in [0.717, 1.165) is 39.7 Å². The summed E-state index contributed by atoms with van der Waals surface area (Å²) in [6.07, 6.45) is 0. The van der Waals surface area contributed by atoms with Crippen LogP contribution in [0.5, 0.6) is 23.0 Å². The van der Waals surface area contributed by atoms with Crippen LogP contribution in [0.15, 0.2) is 146 Å². The van der Waals surface area contributed by atoms with E-state index in [1.165, 1.54) is 81.7 Å². The van der Waals surface area contributed by atoms with Gasteiger partial charge in [0.15, 0.2) is 0 Å². The lowest BCUT2D eigenvalue weighted by Crippen LogP contribution is -2.38. The zero-order valence-electron chi connectivity index (χ0n) is 30.2. The van der Waals surface area contributed by atoms with E-state index < -0.39 is 8.07 Å². The fourth-order valence-corrected chi connectivity index (χ4v) is 10.7. The monoisotopic (exact) mass is 696 g/mol. The van der Waals surface area contributed by atoms with Gasteiger partial charge in [-0.3, -0.25) is 0 Å². The van der Waals surface area contributed by atoms with Crippen molar-refractivity contribution in [2.45, 2.75) is 26.6 Å². The van der Waals surface area contributed by atoms with Crippen molar-refractivity contribution in [1.29, 1.82) is 0 Å². The predicted molar refractivity (Wildman–Crippen MR) is 226 cm³/mol. The fraction of sp³-hybridized carbons (Fsp3) is 0.0800. The van der Waals surface area contributed by atoms with Crippen molar-refractivity contribution in [1.82, 2.24) is 0 Å². The third-order valence-electron chi connectivity index (χ3n) is 11.4. The van der Waals surface area contributed by atoms with Gasteiger partial charge in [0.25, 0.3) is 0 Å². The van der Waals surface area contributed by atoms with E-state index in [4.69, 9.17) is 9.47 Å². The highest BCUT2D eigenvalue weighted by Crippen LogP contribution is 2.53. The Morgan fingerprint density at radius 3 is 1.62 bits per heavy atom. The Morgan fingerprint density at radius 1 is 0.377 bits per heavy atom. The van der Waals surface area contributed by atoms with Crippen LogP contribution in [0.3, 0.4) is 0 Å². The number of hydrogen-bond donors (Lipinski definition) is 0. The van der Waals surface area contributed by atoms with Crippen molar-refractivity contribution in [3.63, 3.8) is 0 Å². The summed E-state index contributed by atoms with van der Waals surface area (Å²) in [5.74, 6) is 3.66. The second-order valence-corrected chi connectivity index (χ2v) is 20.7. The molecule has 0 amide bonds. The van der Waals surface area contributed by atoms with Gasteiger partial charge in [-0.1, -0.05) is 134 Å². The minimum atomic E-state index is -1.56. The van der Waals surface area contributed by atoms with Crippen LogP contribution in [0, 0.1) is 6.92 Å². The molecule has 9 aromatic carbocycles. The van der Waals surface area contributed by atoms with Gasteiger partial charge < -0.3 is 9.47 Å². The highest BCUT2D eigenvalue weighted by atomic mass is 28.3. The van der Waals surface area contributed by atoms with Crippen molar-refractivity contribution in [2.24, 2.45) is 0 Å². The first kappa shape index (κ1) is 30.5. The van der Waals surface area contributed by atoms with Crippen LogP contribution in [0.4, 0.5) is 0 Å². The van der Waals surface area contributed by atoms with Crippen molar-refractivity contribution in [2.75, 3.05) is 0 Å². The Kier molecular flexibility index (Phi) is 6.28. The van der Waals surface area contributed by atoms with Gasteiger partial charge in [0.1, 0.15) is 23.0 Å². The van der Waals surface area contributed by atoms with E-state index in [-0.39, 0.29) is 0 Å². The summed E-state index contributed by atoms with van der Waals surface area (Å²) in [6.45, 7) is 9.40. The van der Waals surface area contributed by atoms with Crippen molar-refractivity contribution >= 4 is 56.4 Å². The van der Waals surface area contributed by atoms with E-state index in [0.29, 0.717) is 0 Å². The molecule has 53 heavy (non-hydrogen) atoms. The lowest BCUT2D eigenvalue weighted by atomic mass is 9.83. The molecule has 0 bridgehead atoms. The van der Waals surface area contributed by atoms with E-state index in [1.807, 2.05) is 0 Å². The summed E-state index contributed by atoms with van der Waals surface area (Å²) in [5.41, 5.74) is 10.8. The molecule has 0 saturated carbocycles.